The molecule has 0 aliphatic rings. The molecule has 0 saturated heterocycles. The van der Waals surface area contributed by atoms with Crippen molar-refractivity contribution in [3.05, 3.63) is 36.2 Å². The lowest BCUT2D eigenvalue weighted by molar-refractivity contribution is -0.186. The van der Waals surface area contributed by atoms with Gasteiger partial charge in [0.25, 0.3) is 0 Å². The van der Waals surface area contributed by atoms with Crippen LogP contribution in [0.3, 0.4) is 0 Å². The van der Waals surface area contributed by atoms with E-state index in [0.29, 0.717) is 5.56 Å². The van der Waals surface area contributed by atoms with Gasteiger partial charge in [0.1, 0.15) is 0 Å². The Labute approximate surface area is 101 Å². The van der Waals surface area contributed by atoms with Gasteiger partial charge in [0, 0.05) is 5.56 Å². The van der Waals surface area contributed by atoms with Crippen molar-refractivity contribution in [3.63, 3.8) is 0 Å². The third-order valence-corrected chi connectivity index (χ3v) is 2.60. The number of hydrogen-bond donors (Lipinski definition) is 2. The second-order valence-corrected chi connectivity index (χ2v) is 4.07. The minimum atomic E-state index is -4.60. The van der Waals surface area contributed by atoms with Crippen LogP contribution < -0.4 is 5.73 Å². The lowest BCUT2D eigenvalue weighted by Gasteiger charge is -2.24. The van der Waals surface area contributed by atoms with Crippen molar-refractivity contribution < 1.29 is 13.2 Å². The molecule has 1 aromatic heterocycles. The van der Waals surface area contributed by atoms with Gasteiger partial charge in [0.05, 0.1) is 0 Å². The molecule has 0 spiro atoms. The van der Waals surface area contributed by atoms with E-state index in [0.717, 1.165) is 6.92 Å². The Kier molecular flexibility index (Phi) is 2.86. The molecule has 0 bridgehead atoms. The van der Waals surface area contributed by atoms with E-state index in [9.17, 15) is 13.2 Å². The third kappa shape index (κ3) is 2.08. The zero-order chi connectivity index (χ0) is 13.4. The molecule has 2 aromatic rings. The quantitative estimate of drug-likeness (QED) is 0.865. The Morgan fingerprint density at radius 1 is 1.17 bits per heavy atom. The topological polar surface area (TPSA) is 67.6 Å². The van der Waals surface area contributed by atoms with Crippen molar-refractivity contribution in [2.75, 3.05) is 0 Å². The maximum Gasteiger partial charge on any atom is 0.413 e. The summed E-state index contributed by atoms with van der Waals surface area (Å²) >= 11 is 0. The number of nitrogens with one attached hydrogen (secondary N) is 1. The van der Waals surface area contributed by atoms with Crippen LogP contribution in [0.25, 0.3) is 11.4 Å². The van der Waals surface area contributed by atoms with Crippen molar-refractivity contribution in [1.29, 1.82) is 0 Å². The van der Waals surface area contributed by atoms with E-state index in [1.54, 1.807) is 30.3 Å². The Morgan fingerprint density at radius 3 is 2.33 bits per heavy atom. The number of aromatic amines is 1. The lowest BCUT2D eigenvalue weighted by atomic mass is 10.0. The van der Waals surface area contributed by atoms with Gasteiger partial charge in [-0.1, -0.05) is 30.3 Å². The predicted octanol–water partition coefficient (Wildman–Crippen LogP) is 2.21. The molecule has 1 aromatic carbocycles. The van der Waals surface area contributed by atoms with Crippen molar-refractivity contribution in [2.24, 2.45) is 5.73 Å². The molecule has 7 heteroatoms. The van der Waals surface area contributed by atoms with Crippen LogP contribution in [0.1, 0.15) is 12.7 Å². The van der Waals surface area contributed by atoms with Crippen molar-refractivity contribution >= 4 is 0 Å². The number of alkyl halides is 3. The highest BCUT2D eigenvalue weighted by molar-refractivity contribution is 5.54. The molecule has 1 atom stereocenters. The maximum absolute atomic E-state index is 12.7. The second kappa shape index (κ2) is 4.09. The molecule has 4 nitrogen and oxygen atoms in total. The lowest BCUT2D eigenvalue weighted by Crippen LogP contribution is -2.48. The molecule has 3 N–H and O–H groups in total. The zero-order valence-electron chi connectivity index (χ0n) is 9.49. The van der Waals surface area contributed by atoms with Crippen LogP contribution >= 0.6 is 0 Å². The van der Waals surface area contributed by atoms with Crippen LogP contribution in [0.15, 0.2) is 30.3 Å². The van der Waals surface area contributed by atoms with Crippen molar-refractivity contribution in [1.82, 2.24) is 15.2 Å². The third-order valence-electron chi connectivity index (χ3n) is 2.60. The summed E-state index contributed by atoms with van der Waals surface area (Å²) in [5, 5.41) is 6.00. The van der Waals surface area contributed by atoms with Crippen LogP contribution in [0.4, 0.5) is 13.2 Å². The highest BCUT2D eigenvalue weighted by Gasteiger charge is 2.51. The summed E-state index contributed by atoms with van der Waals surface area (Å²) < 4.78 is 38.2. The fourth-order valence-corrected chi connectivity index (χ4v) is 1.34. The van der Waals surface area contributed by atoms with Crippen LogP contribution in [0.2, 0.25) is 0 Å². The first-order valence-electron chi connectivity index (χ1n) is 5.16. The van der Waals surface area contributed by atoms with E-state index in [1.807, 2.05) is 0 Å². The van der Waals surface area contributed by atoms with Crippen LogP contribution in [-0.2, 0) is 5.54 Å². The van der Waals surface area contributed by atoms with E-state index in [4.69, 9.17) is 5.73 Å². The fraction of sp³-hybridized carbons (Fsp3) is 0.273. The van der Waals surface area contributed by atoms with Crippen LogP contribution in [0.5, 0.6) is 0 Å². The number of halogens is 3. The Morgan fingerprint density at radius 2 is 1.78 bits per heavy atom. The number of benzene rings is 1. The first kappa shape index (κ1) is 12.6. The molecule has 0 aliphatic heterocycles. The van der Waals surface area contributed by atoms with Crippen LogP contribution in [0, 0.1) is 0 Å². The van der Waals surface area contributed by atoms with Gasteiger partial charge in [-0.25, -0.2) is 4.98 Å². The van der Waals surface area contributed by atoms with Gasteiger partial charge in [-0.2, -0.15) is 18.3 Å². The number of rotatable bonds is 2. The van der Waals surface area contributed by atoms with E-state index in [1.165, 1.54) is 0 Å². The van der Waals surface area contributed by atoms with Crippen molar-refractivity contribution in [2.45, 2.75) is 18.6 Å². The van der Waals surface area contributed by atoms with E-state index in [-0.39, 0.29) is 5.82 Å². The van der Waals surface area contributed by atoms with Gasteiger partial charge in [-0.3, -0.25) is 5.10 Å². The first-order chi connectivity index (χ1) is 8.32. The highest BCUT2D eigenvalue weighted by atomic mass is 19.4. The average molecular weight is 256 g/mol. The molecule has 0 fully saturated rings. The van der Waals surface area contributed by atoms with Gasteiger partial charge in [-0.15, -0.1) is 0 Å². The number of nitrogens with zero attached hydrogens (tertiary/aromatic N) is 2. The second-order valence-electron chi connectivity index (χ2n) is 4.07. The van der Waals surface area contributed by atoms with Gasteiger partial charge < -0.3 is 5.73 Å². The number of nitrogens with two attached hydrogens (primary N) is 1. The van der Waals surface area contributed by atoms with Gasteiger partial charge >= 0.3 is 6.18 Å². The molecule has 0 amide bonds. The highest BCUT2D eigenvalue weighted by Crippen LogP contribution is 2.34. The first-order valence-corrected chi connectivity index (χ1v) is 5.16. The summed E-state index contributed by atoms with van der Waals surface area (Å²) in [6.45, 7) is 0.849. The van der Waals surface area contributed by atoms with Gasteiger partial charge in [0.15, 0.2) is 17.2 Å². The Balaban J connectivity index is 2.38. The van der Waals surface area contributed by atoms with E-state index >= 15 is 0 Å². The Bertz CT molecular complexity index is 531. The summed E-state index contributed by atoms with van der Waals surface area (Å²) in [5.74, 6) is -0.222. The zero-order valence-corrected chi connectivity index (χ0v) is 9.49. The summed E-state index contributed by atoms with van der Waals surface area (Å²) in [7, 11) is 0. The molecule has 0 saturated carbocycles. The van der Waals surface area contributed by atoms with Gasteiger partial charge in [0.2, 0.25) is 0 Å². The average Bonchev–Trinajstić information content (AvgIpc) is 2.78. The van der Waals surface area contributed by atoms with E-state index in [2.05, 4.69) is 15.2 Å². The summed E-state index contributed by atoms with van der Waals surface area (Å²) in [5.41, 5.74) is 3.32. The normalized spacial score (nSPS) is 15.4. The fourth-order valence-electron chi connectivity index (χ4n) is 1.34. The molecular formula is C11H11F3N4. The smallest absolute Gasteiger partial charge is 0.311 e. The molecule has 96 valence electrons. The largest absolute Gasteiger partial charge is 0.413 e. The molecule has 18 heavy (non-hydrogen) atoms. The molecular weight excluding hydrogens is 245 g/mol. The number of H-pyrrole nitrogens is 1. The summed E-state index contributed by atoms with van der Waals surface area (Å²) in [6.07, 6.45) is -4.60. The standard InChI is InChI=1S/C11H11F3N4/c1-10(15,11(12,13)14)9-16-8(17-18-9)7-5-3-2-4-6-7/h2-6H,15H2,1H3,(H,16,17,18). The van der Waals surface area contributed by atoms with Gasteiger partial charge in [-0.05, 0) is 6.92 Å². The number of aromatic nitrogens is 3. The minimum absolute atomic E-state index is 0.187. The molecule has 1 unspecified atom stereocenters. The van der Waals surface area contributed by atoms with Crippen LogP contribution in [-0.4, -0.2) is 21.4 Å². The SMILES string of the molecule is CC(N)(c1nc(-c2ccccc2)n[nH]1)C(F)(F)F. The number of hydrogen-bond acceptors (Lipinski definition) is 3. The monoisotopic (exact) mass is 256 g/mol. The van der Waals surface area contributed by atoms with Crippen molar-refractivity contribution in [3.8, 4) is 11.4 Å². The minimum Gasteiger partial charge on any atom is -0.311 e. The maximum atomic E-state index is 12.7. The predicted molar refractivity (Wildman–Crippen MR) is 59.4 cm³/mol. The Hall–Kier alpha value is -1.89. The molecule has 0 aliphatic carbocycles. The molecule has 2 rings (SSSR count). The summed E-state index contributed by atoms with van der Waals surface area (Å²) in [6, 6.07) is 8.69. The molecule has 0 radical (unpaired) electrons. The van der Waals surface area contributed by atoms with E-state index < -0.39 is 17.5 Å². The molecule has 1 heterocycles. The summed E-state index contributed by atoms with van der Waals surface area (Å²) in [4.78, 5) is 3.81.